The van der Waals surface area contributed by atoms with E-state index in [0.717, 1.165) is 40.5 Å². The highest BCUT2D eigenvalue weighted by Crippen LogP contribution is 2.39. The van der Waals surface area contributed by atoms with Gasteiger partial charge >= 0.3 is 0 Å². The fraction of sp³-hybridized carbons (Fsp3) is 0.233. The van der Waals surface area contributed by atoms with Crippen LogP contribution in [0.2, 0.25) is 0 Å². The van der Waals surface area contributed by atoms with Gasteiger partial charge in [-0.3, -0.25) is 9.78 Å². The molecular formula is C30H31N5O2S. The van der Waals surface area contributed by atoms with Gasteiger partial charge in [0.1, 0.15) is 5.75 Å². The first-order chi connectivity index (χ1) is 18.6. The van der Waals surface area contributed by atoms with Crippen LogP contribution in [0.4, 0.5) is 5.69 Å². The molecule has 1 aliphatic heterocycles. The smallest absolute Gasteiger partial charge is 0.226 e. The molecule has 1 fully saturated rings. The molecule has 5 rings (SSSR count). The molecule has 0 saturated carbocycles. The summed E-state index contributed by atoms with van der Waals surface area (Å²) in [5.41, 5.74) is 4.93. The van der Waals surface area contributed by atoms with E-state index < -0.39 is 0 Å². The average Bonchev–Trinajstić information content (AvgIpc) is 3.57. The van der Waals surface area contributed by atoms with Crippen LogP contribution in [-0.2, 0) is 11.2 Å². The number of rotatable bonds is 9. The zero-order chi connectivity index (χ0) is 26.5. The number of methoxy groups -OCH3 is 1. The molecule has 1 amide bonds. The number of nitrogens with zero attached hydrogens (tertiary/aromatic N) is 3. The Hall–Kier alpha value is -4.17. The maximum Gasteiger partial charge on any atom is 0.226 e. The third kappa shape index (κ3) is 5.26. The highest BCUT2D eigenvalue weighted by molar-refractivity contribution is 7.80. The van der Waals surface area contributed by atoms with Crippen molar-refractivity contribution in [1.82, 2.24) is 19.8 Å². The number of thiocarbonyl (C=S) groups is 1. The van der Waals surface area contributed by atoms with Crippen LogP contribution in [0.3, 0.4) is 0 Å². The van der Waals surface area contributed by atoms with Crippen molar-refractivity contribution in [2.75, 3.05) is 19.0 Å². The molecule has 0 spiro atoms. The summed E-state index contributed by atoms with van der Waals surface area (Å²) in [6.07, 6.45) is 4.99. The number of pyridine rings is 1. The van der Waals surface area contributed by atoms with Gasteiger partial charge in [0.25, 0.3) is 0 Å². The van der Waals surface area contributed by atoms with Crippen molar-refractivity contribution in [3.63, 3.8) is 0 Å². The first-order valence-electron chi connectivity index (χ1n) is 12.8. The molecule has 0 bridgehead atoms. The Morgan fingerprint density at radius 2 is 1.84 bits per heavy atom. The lowest BCUT2D eigenvalue weighted by atomic mass is 10.0. The Morgan fingerprint density at radius 3 is 2.58 bits per heavy atom. The SMILES string of the molecule is CCc1ccccc1NC(=O)CCN1C(=S)N[C@H](c2ccccn2)[C@@H]1c1cccn1-c1ccc(OC)cc1. The second-order valence-electron chi connectivity index (χ2n) is 9.13. The molecule has 3 heterocycles. The van der Waals surface area contributed by atoms with Crippen LogP contribution in [0.15, 0.2) is 91.3 Å². The monoisotopic (exact) mass is 525 g/mol. The highest BCUT2D eigenvalue weighted by Gasteiger charge is 2.41. The van der Waals surface area contributed by atoms with Gasteiger partial charge in [-0.05, 0) is 78.8 Å². The molecule has 7 nitrogen and oxygen atoms in total. The number of nitrogens with one attached hydrogen (secondary N) is 2. The number of hydrogen-bond acceptors (Lipinski definition) is 4. The van der Waals surface area contributed by atoms with E-state index in [1.54, 1.807) is 13.3 Å². The van der Waals surface area contributed by atoms with Crippen LogP contribution in [0.5, 0.6) is 5.75 Å². The van der Waals surface area contributed by atoms with E-state index >= 15 is 0 Å². The summed E-state index contributed by atoms with van der Waals surface area (Å²) in [5.74, 6) is 0.758. The lowest BCUT2D eigenvalue weighted by Gasteiger charge is -2.29. The summed E-state index contributed by atoms with van der Waals surface area (Å²) >= 11 is 5.81. The van der Waals surface area contributed by atoms with Crippen molar-refractivity contribution in [3.8, 4) is 11.4 Å². The van der Waals surface area contributed by atoms with Crippen LogP contribution >= 0.6 is 12.2 Å². The normalized spacial score (nSPS) is 16.8. The third-order valence-electron chi connectivity index (χ3n) is 6.88. The van der Waals surface area contributed by atoms with Gasteiger partial charge < -0.3 is 24.8 Å². The molecule has 0 unspecified atom stereocenters. The Bertz CT molecular complexity index is 1400. The summed E-state index contributed by atoms with van der Waals surface area (Å²) in [5, 5.41) is 7.17. The molecule has 2 aromatic heterocycles. The van der Waals surface area contributed by atoms with Crippen LogP contribution < -0.4 is 15.4 Å². The summed E-state index contributed by atoms with van der Waals surface area (Å²) < 4.78 is 7.50. The third-order valence-corrected chi connectivity index (χ3v) is 7.24. The first-order valence-corrected chi connectivity index (χ1v) is 13.2. The van der Waals surface area contributed by atoms with Gasteiger partial charge in [-0.1, -0.05) is 31.2 Å². The molecule has 194 valence electrons. The van der Waals surface area contributed by atoms with Crippen molar-refractivity contribution in [1.29, 1.82) is 0 Å². The Balaban J connectivity index is 1.43. The van der Waals surface area contributed by atoms with Gasteiger partial charge in [0.05, 0.1) is 24.9 Å². The summed E-state index contributed by atoms with van der Waals surface area (Å²) in [4.78, 5) is 19.7. The minimum Gasteiger partial charge on any atom is -0.497 e. The molecule has 38 heavy (non-hydrogen) atoms. The second kappa shape index (κ2) is 11.5. The topological polar surface area (TPSA) is 71.4 Å². The molecule has 8 heteroatoms. The summed E-state index contributed by atoms with van der Waals surface area (Å²) in [7, 11) is 1.66. The average molecular weight is 526 g/mol. The minimum absolute atomic E-state index is 0.0423. The quantitative estimate of drug-likeness (QED) is 0.284. The number of aryl methyl sites for hydroxylation is 1. The molecule has 2 aromatic carbocycles. The van der Waals surface area contributed by atoms with E-state index in [1.807, 2.05) is 79.0 Å². The Kier molecular flexibility index (Phi) is 7.70. The van der Waals surface area contributed by atoms with E-state index in [-0.39, 0.29) is 18.0 Å². The standard InChI is InChI=1S/C30H31N5O2S/c1-3-21-9-4-5-10-24(21)32-27(36)17-20-35-29(28(33-30(35)38)25-11-6-7-18-31-25)26-12-8-19-34(26)22-13-15-23(37-2)16-14-22/h4-16,18-19,28-29H,3,17,20H2,1-2H3,(H,32,36)(H,33,38)/t28-,29+/m1/s1. The number of carbonyl (C=O) groups excluding carboxylic acids is 1. The van der Waals surface area contributed by atoms with Gasteiger partial charge in [-0.2, -0.15) is 0 Å². The molecular weight excluding hydrogens is 494 g/mol. The van der Waals surface area contributed by atoms with E-state index in [9.17, 15) is 4.79 Å². The molecule has 2 atom stereocenters. The van der Waals surface area contributed by atoms with E-state index in [4.69, 9.17) is 17.0 Å². The fourth-order valence-electron chi connectivity index (χ4n) is 4.97. The predicted octanol–water partition coefficient (Wildman–Crippen LogP) is 5.44. The van der Waals surface area contributed by atoms with Gasteiger partial charge in [0, 0.05) is 42.4 Å². The van der Waals surface area contributed by atoms with Crippen LogP contribution in [0.25, 0.3) is 5.69 Å². The fourth-order valence-corrected chi connectivity index (χ4v) is 5.30. The van der Waals surface area contributed by atoms with Crippen LogP contribution in [0.1, 0.15) is 42.4 Å². The molecule has 1 aliphatic rings. The highest BCUT2D eigenvalue weighted by atomic mass is 32.1. The van der Waals surface area contributed by atoms with Crippen molar-refractivity contribution >= 4 is 28.9 Å². The molecule has 4 aromatic rings. The number of hydrogen-bond donors (Lipinski definition) is 2. The summed E-state index contributed by atoms with van der Waals surface area (Å²) in [6, 6.07) is 25.6. The molecule has 0 radical (unpaired) electrons. The van der Waals surface area contributed by atoms with Gasteiger partial charge in [-0.25, -0.2) is 0 Å². The number of benzene rings is 2. The van der Waals surface area contributed by atoms with Gasteiger partial charge in [0.2, 0.25) is 5.91 Å². The number of aromatic nitrogens is 2. The van der Waals surface area contributed by atoms with Gasteiger partial charge in [0.15, 0.2) is 5.11 Å². The number of anilines is 1. The number of amides is 1. The van der Waals surface area contributed by atoms with E-state index in [1.165, 1.54) is 0 Å². The van der Waals surface area contributed by atoms with Crippen molar-refractivity contribution in [2.24, 2.45) is 0 Å². The number of ether oxygens (including phenoxy) is 1. The van der Waals surface area contributed by atoms with Crippen LogP contribution in [0, 0.1) is 0 Å². The zero-order valence-corrected chi connectivity index (χ0v) is 22.3. The van der Waals surface area contributed by atoms with Crippen molar-refractivity contribution < 1.29 is 9.53 Å². The van der Waals surface area contributed by atoms with Crippen LogP contribution in [-0.4, -0.2) is 39.1 Å². The molecule has 1 saturated heterocycles. The lowest BCUT2D eigenvalue weighted by molar-refractivity contribution is -0.116. The van der Waals surface area contributed by atoms with E-state index in [0.29, 0.717) is 18.1 Å². The Morgan fingerprint density at radius 1 is 1.05 bits per heavy atom. The van der Waals surface area contributed by atoms with Gasteiger partial charge in [-0.15, -0.1) is 0 Å². The van der Waals surface area contributed by atoms with Crippen molar-refractivity contribution in [3.05, 3.63) is 108 Å². The maximum atomic E-state index is 13.0. The molecule has 2 N–H and O–H groups in total. The largest absolute Gasteiger partial charge is 0.497 e. The maximum absolute atomic E-state index is 13.0. The second-order valence-corrected chi connectivity index (χ2v) is 9.52. The van der Waals surface area contributed by atoms with Crippen molar-refractivity contribution in [2.45, 2.75) is 31.8 Å². The number of para-hydroxylation sites is 1. The van der Waals surface area contributed by atoms with E-state index in [2.05, 4.69) is 38.1 Å². The lowest BCUT2D eigenvalue weighted by Crippen LogP contribution is -2.33. The summed E-state index contributed by atoms with van der Waals surface area (Å²) in [6.45, 7) is 2.55. The first kappa shape index (κ1) is 25.5. The zero-order valence-electron chi connectivity index (χ0n) is 21.5. The number of carbonyl (C=O) groups is 1. The predicted molar refractivity (Wildman–Crippen MR) is 154 cm³/mol. The Labute approximate surface area is 228 Å². The molecule has 0 aliphatic carbocycles. The minimum atomic E-state index is -0.167.